The zero-order valence-electron chi connectivity index (χ0n) is 20.7. The molecule has 1 unspecified atom stereocenters. The molecule has 2 aliphatic rings. The van der Waals surface area contributed by atoms with Crippen LogP contribution in [-0.2, 0) is 11.2 Å². The summed E-state index contributed by atoms with van der Waals surface area (Å²) in [4.78, 5) is 24.2. The van der Waals surface area contributed by atoms with E-state index in [9.17, 15) is 9.90 Å². The number of methoxy groups -OCH3 is 1. The molecule has 188 valence electrons. The lowest BCUT2D eigenvalue weighted by atomic mass is 9.93. The van der Waals surface area contributed by atoms with Crippen LogP contribution in [0.5, 0.6) is 5.75 Å². The lowest BCUT2D eigenvalue weighted by Gasteiger charge is -2.28. The largest absolute Gasteiger partial charge is 0.468 e. The highest BCUT2D eigenvalue weighted by molar-refractivity contribution is 5.95. The Labute approximate surface area is 206 Å². The van der Waals surface area contributed by atoms with Gasteiger partial charge in [0.1, 0.15) is 17.4 Å². The molecule has 1 aromatic heterocycles. The fraction of sp³-hybridized carbons (Fsp3) is 0.500. The zero-order chi connectivity index (χ0) is 24.8. The lowest BCUT2D eigenvalue weighted by molar-refractivity contribution is 0.0511. The van der Waals surface area contributed by atoms with Gasteiger partial charge in [-0.3, -0.25) is 9.79 Å². The summed E-state index contributed by atoms with van der Waals surface area (Å²) < 4.78 is 10.4. The van der Waals surface area contributed by atoms with E-state index in [1.165, 1.54) is 6.42 Å². The Morgan fingerprint density at radius 3 is 2.83 bits per heavy atom. The molecule has 4 rings (SSSR count). The molecule has 2 atom stereocenters. The number of carbonyl (C=O) groups is 1. The van der Waals surface area contributed by atoms with Crippen LogP contribution in [0.3, 0.4) is 0 Å². The molecule has 0 saturated heterocycles. The monoisotopic (exact) mass is 481 g/mol. The summed E-state index contributed by atoms with van der Waals surface area (Å²) in [6, 6.07) is 9.42. The van der Waals surface area contributed by atoms with Gasteiger partial charge in [0, 0.05) is 45.1 Å². The van der Waals surface area contributed by atoms with E-state index in [0.717, 1.165) is 36.3 Å². The fourth-order valence-electron chi connectivity index (χ4n) is 4.06. The molecule has 1 aliphatic heterocycles. The van der Waals surface area contributed by atoms with E-state index in [1.54, 1.807) is 25.5 Å². The van der Waals surface area contributed by atoms with Crippen molar-refractivity contribution in [2.45, 2.75) is 50.8 Å². The number of hydrogen-bond acceptors (Lipinski definition) is 8. The van der Waals surface area contributed by atoms with Crippen LogP contribution in [0.15, 0.2) is 35.3 Å². The molecule has 1 aliphatic carbocycles. The van der Waals surface area contributed by atoms with E-state index in [0.29, 0.717) is 29.6 Å². The Morgan fingerprint density at radius 2 is 2.11 bits per heavy atom. The third-order valence-corrected chi connectivity index (χ3v) is 6.61. The van der Waals surface area contributed by atoms with E-state index < -0.39 is 6.10 Å². The van der Waals surface area contributed by atoms with Crippen LogP contribution in [0.1, 0.15) is 47.7 Å². The third kappa shape index (κ3) is 6.29. The molecule has 3 N–H and O–H groups in total. The van der Waals surface area contributed by atoms with Crippen molar-refractivity contribution in [1.82, 2.24) is 10.3 Å². The second-order valence-corrected chi connectivity index (χ2v) is 9.12. The van der Waals surface area contributed by atoms with Gasteiger partial charge in [0.05, 0.1) is 12.1 Å². The number of anilines is 2. The normalized spacial score (nSPS) is 17.8. The Kier molecular flexibility index (Phi) is 8.20. The number of carbonyl (C=O) groups excluding carboxylic acids is 1. The number of nitrogens with zero attached hydrogens (tertiary/aromatic N) is 3. The minimum absolute atomic E-state index is 0.109. The van der Waals surface area contributed by atoms with Crippen LogP contribution in [0.4, 0.5) is 11.6 Å². The number of aliphatic hydroxyl groups is 1. The van der Waals surface area contributed by atoms with Gasteiger partial charge in [-0.25, -0.2) is 4.98 Å². The highest BCUT2D eigenvalue weighted by Gasteiger charge is 2.24. The summed E-state index contributed by atoms with van der Waals surface area (Å²) in [5.74, 6) is 1.92. The van der Waals surface area contributed by atoms with Crippen molar-refractivity contribution >= 4 is 23.8 Å². The van der Waals surface area contributed by atoms with Crippen LogP contribution in [0.25, 0.3) is 0 Å². The number of nitrogens with one attached hydrogen (secondary N) is 2. The van der Waals surface area contributed by atoms with Gasteiger partial charge >= 0.3 is 0 Å². The molecule has 1 aromatic carbocycles. The number of fused-ring (bicyclic) bond motifs is 1. The quantitative estimate of drug-likeness (QED) is 0.424. The summed E-state index contributed by atoms with van der Waals surface area (Å²) in [5, 5.41) is 17.1. The van der Waals surface area contributed by atoms with Gasteiger partial charge in [-0.1, -0.05) is 6.07 Å². The molecule has 0 spiro atoms. The summed E-state index contributed by atoms with van der Waals surface area (Å²) in [6.07, 6.45) is 4.99. The van der Waals surface area contributed by atoms with Crippen molar-refractivity contribution < 1.29 is 19.4 Å². The molecule has 0 radical (unpaired) electrons. The predicted molar refractivity (Wildman–Crippen MR) is 137 cm³/mol. The molecule has 1 saturated carbocycles. The van der Waals surface area contributed by atoms with Gasteiger partial charge in [0.15, 0.2) is 6.79 Å². The van der Waals surface area contributed by atoms with Crippen molar-refractivity contribution in [3.05, 3.63) is 47.0 Å². The van der Waals surface area contributed by atoms with Gasteiger partial charge in [-0.2, -0.15) is 0 Å². The van der Waals surface area contributed by atoms with Gasteiger partial charge in [0.25, 0.3) is 5.91 Å². The summed E-state index contributed by atoms with van der Waals surface area (Å²) in [5.41, 5.74) is 2.56. The van der Waals surface area contributed by atoms with Crippen molar-refractivity contribution in [1.29, 1.82) is 0 Å². The first-order valence-electron chi connectivity index (χ1n) is 12.2. The number of ether oxygens (including phenoxy) is 2. The summed E-state index contributed by atoms with van der Waals surface area (Å²) in [6.45, 7) is 3.11. The molecule has 1 fully saturated rings. The molecule has 0 bridgehead atoms. The van der Waals surface area contributed by atoms with Crippen LogP contribution >= 0.6 is 0 Å². The van der Waals surface area contributed by atoms with Gasteiger partial charge in [-0.15, -0.1) is 0 Å². The highest BCUT2D eigenvalue weighted by Crippen LogP contribution is 2.25. The highest BCUT2D eigenvalue weighted by atomic mass is 16.7. The van der Waals surface area contributed by atoms with Gasteiger partial charge in [0.2, 0.25) is 0 Å². The van der Waals surface area contributed by atoms with Crippen LogP contribution in [0.2, 0.25) is 0 Å². The molecule has 2 aromatic rings. The van der Waals surface area contributed by atoms with Crippen molar-refractivity contribution in [3.8, 4) is 5.75 Å². The van der Waals surface area contributed by atoms with Crippen molar-refractivity contribution in [3.63, 3.8) is 0 Å². The lowest BCUT2D eigenvalue weighted by Crippen LogP contribution is -2.40. The van der Waals surface area contributed by atoms with E-state index >= 15 is 0 Å². The molecule has 9 nitrogen and oxygen atoms in total. The first kappa shape index (κ1) is 24.9. The van der Waals surface area contributed by atoms with E-state index in [1.807, 2.05) is 37.1 Å². The van der Waals surface area contributed by atoms with Crippen molar-refractivity contribution in [2.24, 2.45) is 4.99 Å². The third-order valence-electron chi connectivity index (χ3n) is 6.61. The maximum absolute atomic E-state index is 13.0. The number of aliphatic hydroxyl groups excluding tert-OH is 1. The Bertz CT molecular complexity index is 1060. The summed E-state index contributed by atoms with van der Waals surface area (Å²) >= 11 is 0. The SMILES string of the molecule is CCN(C)c1cc(C(=O)NC[C@@H](O)C2Cc3ccc(OCOC)cc3C=N2)cc(NC2CCC2)n1. The van der Waals surface area contributed by atoms with Crippen LogP contribution < -0.4 is 20.3 Å². The number of amides is 1. The van der Waals surface area contributed by atoms with Crippen molar-refractivity contribution in [2.75, 3.05) is 44.3 Å². The minimum atomic E-state index is -0.806. The summed E-state index contributed by atoms with van der Waals surface area (Å²) in [7, 11) is 3.53. The second-order valence-electron chi connectivity index (χ2n) is 9.12. The number of aliphatic imine (C=N–C) groups is 1. The van der Waals surface area contributed by atoms with Crippen LogP contribution in [0, 0.1) is 0 Å². The minimum Gasteiger partial charge on any atom is -0.468 e. The zero-order valence-corrected chi connectivity index (χ0v) is 20.7. The molecule has 1 amide bonds. The Morgan fingerprint density at radius 1 is 1.29 bits per heavy atom. The Balaban J connectivity index is 1.37. The fourth-order valence-corrected chi connectivity index (χ4v) is 4.06. The first-order chi connectivity index (χ1) is 17.0. The number of aromatic nitrogens is 1. The average Bonchev–Trinajstić information content (AvgIpc) is 2.86. The van der Waals surface area contributed by atoms with E-state index in [4.69, 9.17) is 9.47 Å². The molecule has 35 heavy (non-hydrogen) atoms. The Hall–Kier alpha value is -3.17. The smallest absolute Gasteiger partial charge is 0.251 e. The molecular weight excluding hydrogens is 446 g/mol. The van der Waals surface area contributed by atoms with Gasteiger partial charge in [-0.05, 0) is 68.0 Å². The number of rotatable bonds is 11. The predicted octanol–water partition coefficient (Wildman–Crippen LogP) is 2.62. The van der Waals surface area contributed by atoms with E-state index in [-0.39, 0.29) is 25.3 Å². The van der Waals surface area contributed by atoms with Crippen LogP contribution in [-0.4, -0.2) is 74.4 Å². The molecular formula is C26H35N5O4. The topological polar surface area (TPSA) is 108 Å². The number of benzene rings is 1. The number of pyridine rings is 1. The maximum Gasteiger partial charge on any atom is 0.251 e. The standard InChI is InChI=1S/C26H35N5O4/c1-4-31(2)25-13-18(12-24(30-25)29-20-6-5-7-20)26(33)28-15-23(32)22-11-17-8-9-21(35-16-34-3)10-19(17)14-27-22/h8-10,12-14,20,22-23,32H,4-7,11,15-16H2,1-3H3,(H,28,33)(H,29,30)/t22?,23-/m1/s1. The first-order valence-corrected chi connectivity index (χ1v) is 12.2. The van der Waals surface area contributed by atoms with Gasteiger partial charge < -0.3 is 30.1 Å². The molecule has 2 heterocycles. The average molecular weight is 482 g/mol. The van der Waals surface area contributed by atoms with E-state index in [2.05, 4.69) is 20.6 Å². The second kappa shape index (κ2) is 11.5. The molecule has 9 heteroatoms. The number of hydrogen-bond donors (Lipinski definition) is 3. The maximum atomic E-state index is 13.0.